The van der Waals surface area contributed by atoms with E-state index in [4.69, 9.17) is 16.3 Å². The summed E-state index contributed by atoms with van der Waals surface area (Å²) in [7, 11) is 0. The Labute approximate surface area is 165 Å². The van der Waals surface area contributed by atoms with Crippen LogP contribution in [-0.4, -0.2) is 18.0 Å². The van der Waals surface area contributed by atoms with Crippen molar-refractivity contribution in [3.05, 3.63) is 70.3 Å². The van der Waals surface area contributed by atoms with Crippen LogP contribution in [0.2, 0.25) is 5.02 Å². The van der Waals surface area contributed by atoms with Crippen LogP contribution in [0.1, 0.15) is 43.4 Å². The van der Waals surface area contributed by atoms with Gasteiger partial charge in [-0.05, 0) is 54.7 Å². The van der Waals surface area contributed by atoms with Crippen LogP contribution in [0.15, 0.2) is 48.5 Å². The van der Waals surface area contributed by atoms with Crippen LogP contribution in [0.25, 0.3) is 6.08 Å². The quantitative estimate of drug-likeness (QED) is 0.538. The second kappa shape index (κ2) is 9.38. The lowest BCUT2D eigenvalue weighted by Crippen LogP contribution is -2.30. The fourth-order valence-electron chi connectivity index (χ4n) is 2.61. The normalized spacial score (nSPS) is 12.2. The van der Waals surface area contributed by atoms with Gasteiger partial charge in [0.15, 0.2) is 6.10 Å². The van der Waals surface area contributed by atoms with Crippen molar-refractivity contribution >= 4 is 35.2 Å². The van der Waals surface area contributed by atoms with Gasteiger partial charge >= 0.3 is 5.97 Å². The molecule has 0 spiro atoms. The molecular weight excluding hydrogens is 362 g/mol. The number of ether oxygens (including phenoxy) is 1. The number of rotatable bonds is 6. The van der Waals surface area contributed by atoms with Crippen molar-refractivity contribution < 1.29 is 14.3 Å². The molecule has 0 bridgehead atoms. The number of carbonyl (C=O) groups excluding carboxylic acids is 2. The number of hydrogen-bond acceptors (Lipinski definition) is 3. The summed E-state index contributed by atoms with van der Waals surface area (Å²) in [6, 6.07) is 13.0. The Morgan fingerprint density at radius 3 is 2.48 bits per heavy atom. The summed E-state index contributed by atoms with van der Waals surface area (Å²) < 4.78 is 5.21. The van der Waals surface area contributed by atoms with Crippen LogP contribution < -0.4 is 5.32 Å². The lowest BCUT2D eigenvalue weighted by molar-refractivity contribution is -0.148. The summed E-state index contributed by atoms with van der Waals surface area (Å²) in [5, 5.41) is 3.47. The van der Waals surface area contributed by atoms with E-state index in [2.05, 4.69) is 19.2 Å². The lowest BCUT2D eigenvalue weighted by Gasteiger charge is -2.18. The monoisotopic (exact) mass is 385 g/mol. The first-order valence-electron chi connectivity index (χ1n) is 8.82. The molecule has 4 nitrogen and oxygen atoms in total. The maximum absolute atomic E-state index is 12.5. The predicted octanol–water partition coefficient (Wildman–Crippen LogP) is 5.36. The number of nitrogens with one attached hydrogen (secondary N) is 1. The Bertz CT molecular complexity index is 858. The fraction of sp³-hybridized carbons (Fsp3) is 0.273. The molecule has 142 valence electrons. The van der Waals surface area contributed by atoms with Crippen LogP contribution in [0, 0.1) is 6.92 Å². The second-order valence-corrected chi connectivity index (χ2v) is 7.09. The van der Waals surface area contributed by atoms with Crippen molar-refractivity contribution in [1.29, 1.82) is 0 Å². The number of aryl methyl sites for hydroxylation is 1. The molecule has 27 heavy (non-hydrogen) atoms. The van der Waals surface area contributed by atoms with E-state index in [1.54, 1.807) is 31.2 Å². The Morgan fingerprint density at radius 2 is 1.81 bits per heavy atom. The first-order chi connectivity index (χ1) is 12.8. The van der Waals surface area contributed by atoms with Gasteiger partial charge in [0.1, 0.15) is 0 Å². The Hall–Kier alpha value is -2.59. The molecule has 2 rings (SSSR count). The molecule has 0 heterocycles. The third kappa shape index (κ3) is 5.97. The highest BCUT2D eigenvalue weighted by molar-refractivity contribution is 6.30. The average molecular weight is 386 g/mol. The van der Waals surface area contributed by atoms with E-state index < -0.39 is 12.1 Å². The maximum atomic E-state index is 12.5. The molecule has 2 aromatic rings. The van der Waals surface area contributed by atoms with Crippen molar-refractivity contribution in [3.8, 4) is 0 Å². The summed E-state index contributed by atoms with van der Waals surface area (Å²) >= 11 is 5.91. The molecule has 0 aliphatic heterocycles. The smallest absolute Gasteiger partial charge is 0.331 e. The molecule has 0 fully saturated rings. The van der Waals surface area contributed by atoms with E-state index in [9.17, 15) is 9.59 Å². The zero-order valence-corrected chi connectivity index (χ0v) is 16.7. The minimum atomic E-state index is -0.916. The number of carbonyl (C=O) groups is 2. The minimum Gasteiger partial charge on any atom is -0.449 e. The highest BCUT2D eigenvalue weighted by atomic mass is 35.5. The molecule has 0 saturated carbocycles. The van der Waals surface area contributed by atoms with Crippen LogP contribution >= 0.6 is 11.6 Å². The van der Waals surface area contributed by atoms with Crippen LogP contribution in [0.5, 0.6) is 0 Å². The minimum absolute atomic E-state index is 0.263. The van der Waals surface area contributed by atoms with Crippen molar-refractivity contribution in [2.75, 3.05) is 5.32 Å². The molecule has 1 N–H and O–H groups in total. The summed E-state index contributed by atoms with van der Waals surface area (Å²) in [6.45, 7) is 7.61. The third-order valence-corrected chi connectivity index (χ3v) is 4.33. The van der Waals surface area contributed by atoms with Crippen molar-refractivity contribution in [2.24, 2.45) is 0 Å². The molecule has 0 radical (unpaired) electrons. The van der Waals surface area contributed by atoms with Gasteiger partial charge in [-0.3, -0.25) is 4.79 Å². The van der Waals surface area contributed by atoms with E-state index in [0.29, 0.717) is 5.02 Å². The predicted molar refractivity (Wildman–Crippen MR) is 110 cm³/mol. The first kappa shape index (κ1) is 20.7. The van der Waals surface area contributed by atoms with E-state index in [1.807, 2.05) is 31.2 Å². The van der Waals surface area contributed by atoms with Gasteiger partial charge in [0.05, 0.1) is 0 Å². The Kier molecular flexibility index (Phi) is 7.19. The average Bonchev–Trinajstić information content (AvgIpc) is 2.61. The SMILES string of the molecule is Cc1cccc(C(C)C)c1NC(=O)[C@@H](C)OC(=O)/C=C/c1cccc(Cl)c1. The third-order valence-electron chi connectivity index (χ3n) is 4.10. The zero-order chi connectivity index (χ0) is 20.0. The zero-order valence-electron chi connectivity index (χ0n) is 16.0. The molecule has 5 heteroatoms. The summed E-state index contributed by atoms with van der Waals surface area (Å²) in [4.78, 5) is 24.5. The lowest BCUT2D eigenvalue weighted by atomic mass is 9.98. The number of esters is 1. The Balaban J connectivity index is 2.01. The van der Waals surface area contributed by atoms with Crippen molar-refractivity contribution in [1.82, 2.24) is 0 Å². The van der Waals surface area contributed by atoms with Gasteiger partial charge in [0, 0.05) is 16.8 Å². The highest BCUT2D eigenvalue weighted by Gasteiger charge is 2.19. The number of benzene rings is 2. The van der Waals surface area contributed by atoms with Gasteiger partial charge in [-0.1, -0.05) is 55.8 Å². The molecule has 0 aliphatic rings. The number of anilines is 1. The molecule has 0 aliphatic carbocycles. The number of para-hydroxylation sites is 1. The molecule has 0 unspecified atom stereocenters. The van der Waals surface area contributed by atoms with Gasteiger partial charge in [-0.25, -0.2) is 4.79 Å². The van der Waals surface area contributed by atoms with E-state index >= 15 is 0 Å². The second-order valence-electron chi connectivity index (χ2n) is 6.65. The molecule has 1 atom stereocenters. The molecule has 2 aromatic carbocycles. The van der Waals surface area contributed by atoms with Crippen LogP contribution in [0.3, 0.4) is 0 Å². The van der Waals surface area contributed by atoms with E-state index in [1.165, 1.54) is 6.08 Å². The summed E-state index contributed by atoms with van der Waals surface area (Å²) in [6.07, 6.45) is 1.96. The summed E-state index contributed by atoms with van der Waals surface area (Å²) in [5.41, 5.74) is 3.56. The fourth-order valence-corrected chi connectivity index (χ4v) is 2.81. The molecule has 0 saturated heterocycles. The highest BCUT2D eigenvalue weighted by Crippen LogP contribution is 2.27. The van der Waals surface area contributed by atoms with Crippen LogP contribution in [-0.2, 0) is 14.3 Å². The number of halogens is 1. The maximum Gasteiger partial charge on any atom is 0.331 e. The van der Waals surface area contributed by atoms with Crippen molar-refractivity contribution in [2.45, 2.75) is 39.7 Å². The molecule has 1 amide bonds. The number of hydrogen-bond donors (Lipinski definition) is 1. The molecular formula is C22H24ClNO3. The van der Waals surface area contributed by atoms with Gasteiger partial charge in [0.25, 0.3) is 5.91 Å². The van der Waals surface area contributed by atoms with Gasteiger partial charge in [-0.15, -0.1) is 0 Å². The van der Waals surface area contributed by atoms with E-state index in [0.717, 1.165) is 22.4 Å². The van der Waals surface area contributed by atoms with Gasteiger partial charge in [-0.2, -0.15) is 0 Å². The van der Waals surface area contributed by atoms with Crippen LogP contribution in [0.4, 0.5) is 5.69 Å². The standard InChI is InChI=1S/C22H24ClNO3/c1-14(2)19-10-5-7-15(3)21(19)24-22(26)16(4)27-20(25)12-11-17-8-6-9-18(23)13-17/h5-14,16H,1-4H3,(H,24,26)/b12-11+/t16-/m1/s1. The summed E-state index contributed by atoms with van der Waals surface area (Å²) in [5.74, 6) is -0.694. The van der Waals surface area contributed by atoms with E-state index in [-0.39, 0.29) is 11.8 Å². The van der Waals surface area contributed by atoms with Gasteiger partial charge in [0.2, 0.25) is 0 Å². The Morgan fingerprint density at radius 1 is 1.11 bits per heavy atom. The first-order valence-corrected chi connectivity index (χ1v) is 9.20. The topological polar surface area (TPSA) is 55.4 Å². The largest absolute Gasteiger partial charge is 0.449 e. The van der Waals surface area contributed by atoms with Gasteiger partial charge < -0.3 is 10.1 Å². The molecule has 0 aromatic heterocycles. The number of amides is 1. The van der Waals surface area contributed by atoms with Crippen molar-refractivity contribution in [3.63, 3.8) is 0 Å².